The number of nitro groups is 1. The van der Waals surface area contributed by atoms with Crippen molar-refractivity contribution in [3.8, 4) is 5.75 Å². The zero-order valence-corrected chi connectivity index (χ0v) is 6.81. The molecule has 0 saturated heterocycles. The lowest BCUT2D eigenvalue weighted by Gasteiger charge is -1.98. The van der Waals surface area contributed by atoms with Gasteiger partial charge in [0.2, 0.25) is 0 Å². The van der Waals surface area contributed by atoms with Crippen LogP contribution in [0, 0.1) is 16.2 Å². The molecule has 0 unspecified atom stereocenters. The summed E-state index contributed by atoms with van der Waals surface area (Å²) < 4.78 is 4.64. The van der Waals surface area contributed by atoms with Crippen LogP contribution in [-0.4, -0.2) is 10.9 Å². The van der Waals surface area contributed by atoms with Gasteiger partial charge < -0.3 is 4.74 Å². The lowest BCUT2D eigenvalue weighted by atomic mass is 10.3. The zero-order valence-electron chi connectivity index (χ0n) is 6.81. The smallest absolute Gasteiger partial charge is 0.308 e. The van der Waals surface area contributed by atoms with E-state index in [1.807, 2.05) is 0 Å². The quantitative estimate of drug-likeness (QED) is 0.298. The van der Waals surface area contributed by atoms with Crippen molar-refractivity contribution in [1.29, 1.82) is 0 Å². The molecule has 0 aromatic heterocycles. The van der Waals surface area contributed by atoms with E-state index in [9.17, 15) is 14.9 Å². The predicted octanol–water partition coefficient (Wildman–Crippen LogP) is 1.32. The largest absolute Gasteiger partial charge is 0.426 e. The van der Waals surface area contributed by atoms with Gasteiger partial charge in [-0.3, -0.25) is 14.9 Å². The Bertz CT molecular complexity index is 348. The van der Waals surface area contributed by atoms with Gasteiger partial charge in [0.05, 0.1) is 17.1 Å². The van der Waals surface area contributed by atoms with Gasteiger partial charge in [0.25, 0.3) is 5.69 Å². The van der Waals surface area contributed by atoms with Crippen LogP contribution < -0.4 is 4.74 Å². The third kappa shape index (κ3) is 2.55. The van der Waals surface area contributed by atoms with Crippen LogP contribution in [0.25, 0.3) is 0 Å². The van der Waals surface area contributed by atoms with Crippen LogP contribution in [0.4, 0.5) is 5.69 Å². The number of nitrogens with zero attached hydrogens (tertiary/aromatic N) is 1. The Morgan fingerprint density at radius 1 is 1.69 bits per heavy atom. The molecule has 0 heterocycles. The van der Waals surface area contributed by atoms with Gasteiger partial charge in [0.15, 0.2) is 0 Å². The van der Waals surface area contributed by atoms with Crippen molar-refractivity contribution in [2.45, 2.75) is 6.92 Å². The van der Waals surface area contributed by atoms with Crippen LogP contribution in [0.3, 0.4) is 0 Å². The maximum atomic E-state index is 10.5. The van der Waals surface area contributed by atoms with Crippen molar-refractivity contribution in [2.24, 2.45) is 0 Å². The number of benzene rings is 1. The first-order chi connectivity index (χ1) is 6.09. The first-order valence-corrected chi connectivity index (χ1v) is 3.44. The lowest BCUT2D eigenvalue weighted by molar-refractivity contribution is -0.385. The second kappa shape index (κ2) is 3.66. The molecule has 5 heteroatoms. The van der Waals surface area contributed by atoms with E-state index >= 15 is 0 Å². The molecule has 13 heavy (non-hydrogen) atoms. The molecule has 0 saturated carbocycles. The summed E-state index contributed by atoms with van der Waals surface area (Å²) in [5.74, 6) is -0.363. The number of esters is 1. The molecule has 0 N–H and O–H groups in total. The number of nitro benzene ring substituents is 1. The molecule has 1 aromatic rings. The second-order valence-electron chi connectivity index (χ2n) is 2.26. The standard InChI is InChI=1S/C8H6NO4/c1-6(10)13-8-4-2-3-7(5-8)9(11)12/h2,4-5H,1H3. The third-order valence-corrected chi connectivity index (χ3v) is 1.22. The molecule has 0 fully saturated rings. The predicted molar refractivity (Wildman–Crippen MR) is 43.2 cm³/mol. The van der Waals surface area contributed by atoms with E-state index in [4.69, 9.17) is 0 Å². The number of ether oxygens (including phenoxy) is 1. The van der Waals surface area contributed by atoms with Gasteiger partial charge in [-0.25, -0.2) is 0 Å². The molecule has 0 aliphatic rings. The highest BCUT2D eigenvalue weighted by Crippen LogP contribution is 2.18. The van der Waals surface area contributed by atoms with Crippen molar-refractivity contribution >= 4 is 11.7 Å². The molecule has 5 nitrogen and oxygen atoms in total. The molecule has 1 radical (unpaired) electrons. The highest BCUT2D eigenvalue weighted by atomic mass is 16.6. The number of non-ortho nitro benzene ring substituents is 1. The maximum absolute atomic E-state index is 10.5. The van der Waals surface area contributed by atoms with Crippen molar-refractivity contribution in [3.05, 3.63) is 34.4 Å². The summed E-state index contributed by atoms with van der Waals surface area (Å²) in [7, 11) is 0. The van der Waals surface area contributed by atoms with Crippen LogP contribution >= 0.6 is 0 Å². The Balaban J connectivity index is 2.91. The Morgan fingerprint density at radius 2 is 2.38 bits per heavy atom. The highest BCUT2D eigenvalue weighted by Gasteiger charge is 2.07. The molecular weight excluding hydrogens is 174 g/mol. The molecule has 0 atom stereocenters. The number of carbonyl (C=O) groups is 1. The zero-order chi connectivity index (χ0) is 9.84. The lowest BCUT2D eigenvalue weighted by Crippen LogP contribution is -2.01. The van der Waals surface area contributed by atoms with Gasteiger partial charge in [-0.1, -0.05) is 0 Å². The minimum absolute atomic E-state index is 0.151. The van der Waals surface area contributed by atoms with E-state index in [2.05, 4.69) is 10.8 Å². The topological polar surface area (TPSA) is 69.4 Å². The van der Waals surface area contributed by atoms with Gasteiger partial charge in [-0.15, -0.1) is 0 Å². The van der Waals surface area contributed by atoms with Crippen LogP contribution in [0.1, 0.15) is 6.92 Å². The fourth-order valence-electron chi connectivity index (χ4n) is 0.769. The van der Waals surface area contributed by atoms with Crippen LogP contribution in [0.5, 0.6) is 5.75 Å². The molecule has 0 spiro atoms. The van der Waals surface area contributed by atoms with Gasteiger partial charge in [0, 0.05) is 6.92 Å². The molecule has 1 aromatic carbocycles. The summed E-state index contributed by atoms with van der Waals surface area (Å²) in [6.45, 7) is 1.22. The van der Waals surface area contributed by atoms with Crippen molar-refractivity contribution in [1.82, 2.24) is 0 Å². The number of carbonyl (C=O) groups excluding carboxylic acids is 1. The van der Waals surface area contributed by atoms with Gasteiger partial charge in [0.1, 0.15) is 5.75 Å². The Kier molecular flexibility index (Phi) is 2.59. The third-order valence-electron chi connectivity index (χ3n) is 1.22. The van der Waals surface area contributed by atoms with Crippen LogP contribution in [-0.2, 0) is 4.79 Å². The monoisotopic (exact) mass is 180 g/mol. The molecule has 0 aliphatic heterocycles. The summed E-state index contributed by atoms with van der Waals surface area (Å²) >= 11 is 0. The van der Waals surface area contributed by atoms with Crippen molar-refractivity contribution in [3.63, 3.8) is 0 Å². The Hall–Kier alpha value is -1.91. The van der Waals surface area contributed by atoms with E-state index in [1.165, 1.54) is 19.1 Å². The summed E-state index contributed by atoms with van der Waals surface area (Å²) in [5, 5.41) is 10.3. The fraction of sp³-hybridized carbons (Fsp3) is 0.125. The van der Waals surface area contributed by atoms with E-state index in [0.717, 1.165) is 6.07 Å². The van der Waals surface area contributed by atoms with E-state index < -0.39 is 10.9 Å². The normalized spacial score (nSPS) is 9.31. The van der Waals surface area contributed by atoms with E-state index in [1.54, 1.807) is 0 Å². The molecule has 0 aliphatic carbocycles. The minimum atomic E-state index is -0.604. The van der Waals surface area contributed by atoms with Gasteiger partial charge in [-0.2, -0.15) is 0 Å². The Labute approximate surface area is 74.1 Å². The summed E-state index contributed by atoms with van der Waals surface area (Å²) in [6.07, 6.45) is 0. The molecule has 1 rings (SSSR count). The number of rotatable bonds is 2. The van der Waals surface area contributed by atoms with Crippen LogP contribution in [0.15, 0.2) is 18.2 Å². The molecule has 67 valence electrons. The first kappa shape index (κ1) is 9.18. The number of hydrogen-bond donors (Lipinski definition) is 0. The second-order valence-corrected chi connectivity index (χ2v) is 2.26. The fourth-order valence-corrected chi connectivity index (χ4v) is 0.769. The first-order valence-electron chi connectivity index (χ1n) is 3.44. The van der Waals surface area contributed by atoms with Gasteiger partial charge >= 0.3 is 5.97 Å². The summed E-state index contributed by atoms with van der Waals surface area (Å²) in [6, 6.07) is 6.29. The van der Waals surface area contributed by atoms with Crippen LogP contribution in [0.2, 0.25) is 0 Å². The van der Waals surface area contributed by atoms with Crippen molar-refractivity contribution < 1.29 is 14.5 Å². The van der Waals surface area contributed by atoms with E-state index in [-0.39, 0.29) is 11.4 Å². The summed E-state index contributed by atoms with van der Waals surface area (Å²) in [5.41, 5.74) is -0.223. The van der Waals surface area contributed by atoms with Crippen molar-refractivity contribution in [2.75, 3.05) is 0 Å². The Morgan fingerprint density at radius 3 is 2.92 bits per heavy atom. The van der Waals surface area contributed by atoms with E-state index in [0.29, 0.717) is 0 Å². The molecular formula is C8H6NO4. The minimum Gasteiger partial charge on any atom is -0.426 e. The molecule has 0 amide bonds. The maximum Gasteiger partial charge on any atom is 0.308 e. The van der Waals surface area contributed by atoms with Gasteiger partial charge in [-0.05, 0) is 12.1 Å². The number of hydrogen-bond acceptors (Lipinski definition) is 4. The average Bonchev–Trinajstić information content (AvgIpc) is 2.03. The average molecular weight is 180 g/mol. The highest BCUT2D eigenvalue weighted by molar-refractivity contribution is 5.69. The summed E-state index contributed by atoms with van der Waals surface area (Å²) in [4.78, 5) is 20.2. The SMILES string of the molecule is CC(=O)Oc1cc[c]c([N+](=O)[O-])c1. The molecule has 0 bridgehead atoms.